The number of nitrogens with zero attached hydrogens (tertiary/aromatic N) is 4. The zero-order valence-electron chi connectivity index (χ0n) is 37.5. The van der Waals surface area contributed by atoms with Gasteiger partial charge < -0.3 is 9.80 Å². The van der Waals surface area contributed by atoms with Crippen molar-refractivity contribution in [3.8, 4) is 44.9 Å². The van der Waals surface area contributed by atoms with Crippen LogP contribution < -0.4 is 26.2 Å². The molecule has 2 aliphatic rings. The number of benzene rings is 11. The molecule has 1 aromatic heterocycles. The van der Waals surface area contributed by atoms with Gasteiger partial charge in [-0.2, -0.15) is 0 Å². The van der Waals surface area contributed by atoms with Gasteiger partial charge >= 0.3 is 0 Å². The molecule has 2 aliphatic heterocycles. The third kappa shape index (κ3) is 6.47. The van der Waals surface area contributed by atoms with E-state index in [1.54, 1.807) is 0 Å². The van der Waals surface area contributed by atoms with Crippen LogP contribution >= 0.6 is 0 Å². The van der Waals surface area contributed by atoms with Crippen LogP contribution in [-0.2, 0) is 0 Å². The highest BCUT2D eigenvalue weighted by molar-refractivity contribution is 7.00. The van der Waals surface area contributed by atoms with Gasteiger partial charge in [-0.05, 0) is 133 Å². The zero-order valence-corrected chi connectivity index (χ0v) is 37.5. The van der Waals surface area contributed by atoms with Crippen molar-refractivity contribution in [1.29, 1.82) is 0 Å². The fourth-order valence-electron chi connectivity index (χ4n) is 11.0. The normalized spacial score (nSPS) is 12.6. The lowest BCUT2D eigenvalue weighted by Crippen LogP contribution is -2.61. The molecule has 0 aliphatic carbocycles. The highest BCUT2D eigenvalue weighted by atomic mass is 15.2. The number of hydrogen-bond acceptors (Lipinski definition) is 4. The van der Waals surface area contributed by atoms with Gasteiger partial charge in [0.2, 0.25) is 0 Å². The van der Waals surface area contributed by atoms with Crippen LogP contribution in [0.5, 0.6) is 0 Å². The Balaban J connectivity index is 1.09. The smallest absolute Gasteiger partial charge is 0.252 e. The predicted molar refractivity (Wildman–Crippen MR) is 290 cm³/mol. The molecule has 4 nitrogen and oxygen atoms in total. The van der Waals surface area contributed by atoms with Crippen LogP contribution in [0.15, 0.2) is 249 Å². The Bertz CT molecular complexity index is 3760. The average Bonchev–Trinajstić information content (AvgIpc) is 3.42. The minimum Gasteiger partial charge on any atom is -0.311 e. The van der Waals surface area contributed by atoms with Crippen molar-refractivity contribution in [2.45, 2.75) is 0 Å². The number of aromatic nitrogens is 2. The summed E-state index contributed by atoms with van der Waals surface area (Å²) in [6.07, 6.45) is 0. The molecule has 0 atom stereocenters. The topological polar surface area (TPSA) is 32.3 Å². The molecule has 0 radical (unpaired) electrons. The second-order valence-corrected chi connectivity index (χ2v) is 18.2. The molecule has 0 unspecified atom stereocenters. The second kappa shape index (κ2) is 15.8. The Hall–Kier alpha value is -9.06. The molecule has 0 spiro atoms. The van der Waals surface area contributed by atoms with Crippen molar-refractivity contribution in [3.05, 3.63) is 249 Å². The first-order chi connectivity index (χ1) is 34.2. The quantitative estimate of drug-likeness (QED) is 0.156. The standard InChI is InChI=1S/C64H41BN4/c1-5-19-42(20-6-1)48-33-49(43-21-7-2-8-22-43)35-51(34-48)64-66-57-32-18-17-31-54(57)63(67-64)50-40-60-62-61(41-50)69(53-29-11-4-12-30-53)59-39-47-26-16-14-24-45(47)37-56(59)65(62)55-36-44-23-13-15-25-46(44)38-58(55)68(60)52-27-9-3-10-28-52/h1-41H. The molecule has 0 saturated heterocycles. The number of anilines is 6. The monoisotopic (exact) mass is 876 g/mol. The molecular formula is C64H41BN4. The van der Waals surface area contributed by atoms with Crippen LogP contribution in [0.1, 0.15) is 0 Å². The SMILES string of the molecule is c1ccc(-c2cc(-c3ccccc3)cc(-c3nc(-c4cc5c6c(c4)N(c4ccccc4)c4cc7ccccc7cc4B6c4cc6ccccc6cc4N5c4ccccc4)c4ccccc4n3)c2)cc1. The summed E-state index contributed by atoms with van der Waals surface area (Å²) >= 11 is 0. The summed E-state index contributed by atoms with van der Waals surface area (Å²) in [7, 11) is 0. The van der Waals surface area contributed by atoms with Crippen molar-refractivity contribution in [2.24, 2.45) is 0 Å². The van der Waals surface area contributed by atoms with Crippen molar-refractivity contribution >= 4 is 89.7 Å². The van der Waals surface area contributed by atoms with E-state index < -0.39 is 0 Å². The third-order valence-corrected chi connectivity index (χ3v) is 14.1. The fourth-order valence-corrected chi connectivity index (χ4v) is 11.0. The Morgan fingerprint density at radius 2 is 0.725 bits per heavy atom. The average molecular weight is 877 g/mol. The summed E-state index contributed by atoms with van der Waals surface area (Å²) in [5.74, 6) is 0.677. The molecule has 3 heterocycles. The van der Waals surface area contributed by atoms with Crippen molar-refractivity contribution < 1.29 is 0 Å². The Morgan fingerprint density at radius 3 is 1.23 bits per heavy atom. The van der Waals surface area contributed by atoms with E-state index in [2.05, 4.69) is 259 Å². The molecule has 0 fully saturated rings. The Labute approximate surface area is 401 Å². The summed E-state index contributed by atoms with van der Waals surface area (Å²) in [6.45, 7) is -0.0574. The maximum Gasteiger partial charge on any atom is 0.252 e. The van der Waals surface area contributed by atoms with Gasteiger partial charge in [-0.25, -0.2) is 9.97 Å². The van der Waals surface area contributed by atoms with E-state index in [0.717, 1.165) is 72.7 Å². The lowest BCUT2D eigenvalue weighted by Gasteiger charge is -2.44. The highest BCUT2D eigenvalue weighted by Gasteiger charge is 2.44. The summed E-state index contributed by atoms with van der Waals surface area (Å²) in [4.78, 5) is 16.0. The lowest BCUT2D eigenvalue weighted by atomic mass is 9.33. The van der Waals surface area contributed by atoms with Crippen LogP contribution in [0, 0.1) is 0 Å². The maximum absolute atomic E-state index is 5.69. The first-order valence-corrected chi connectivity index (χ1v) is 23.7. The highest BCUT2D eigenvalue weighted by Crippen LogP contribution is 2.48. The van der Waals surface area contributed by atoms with Gasteiger partial charge in [0.1, 0.15) is 0 Å². The van der Waals surface area contributed by atoms with E-state index in [4.69, 9.17) is 9.97 Å². The molecule has 0 bridgehead atoms. The largest absolute Gasteiger partial charge is 0.311 e. The first kappa shape index (κ1) is 39.1. The second-order valence-electron chi connectivity index (χ2n) is 18.2. The minimum atomic E-state index is -0.0574. The lowest BCUT2D eigenvalue weighted by molar-refractivity contribution is 1.22. The molecule has 69 heavy (non-hydrogen) atoms. The predicted octanol–water partition coefficient (Wildman–Crippen LogP) is 14.7. The van der Waals surface area contributed by atoms with Gasteiger partial charge in [0.25, 0.3) is 6.71 Å². The molecule has 5 heteroatoms. The fraction of sp³-hybridized carbons (Fsp3) is 0. The maximum atomic E-state index is 5.69. The third-order valence-electron chi connectivity index (χ3n) is 14.1. The van der Waals surface area contributed by atoms with Crippen LogP contribution in [0.2, 0.25) is 0 Å². The molecule has 0 N–H and O–H groups in total. The van der Waals surface area contributed by atoms with E-state index in [0.29, 0.717) is 5.82 Å². The number of rotatable bonds is 6. The molecule has 11 aromatic carbocycles. The van der Waals surface area contributed by atoms with Crippen LogP contribution in [0.25, 0.3) is 77.3 Å². The summed E-state index contributed by atoms with van der Waals surface area (Å²) < 4.78 is 0. The van der Waals surface area contributed by atoms with E-state index in [1.165, 1.54) is 49.3 Å². The number of para-hydroxylation sites is 3. The van der Waals surface area contributed by atoms with Crippen LogP contribution in [0.4, 0.5) is 34.1 Å². The molecular weight excluding hydrogens is 836 g/mol. The summed E-state index contributed by atoms with van der Waals surface area (Å²) in [6, 6.07) is 90.3. The molecule has 0 amide bonds. The first-order valence-electron chi connectivity index (χ1n) is 23.7. The molecule has 14 rings (SSSR count). The van der Waals surface area contributed by atoms with E-state index >= 15 is 0 Å². The summed E-state index contributed by atoms with van der Waals surface area (Å²) in [5.41, 5.74) is 18.9. The van der Waals surface area contributed by atoms with Gasteiger partial charge in [-0.1, -0.05) is 176 Å². The zero-order chi connectivity index (χ0) is 45.4. The van der Waals surface area contributed by atoms with Crippen LogP contribution in [-0.4, -0.2) is 16.7 Å². The van der Waals surface area contributed by atoms with Gasteiger partial charge in [0.05, 0.1) is 11.2 Å². The van der Waals surface area contributed by atoms with Crippen LogP contribution in [0.3, 0.4) is 0 Å². The Kier molecular flexibility index (Phi) is 8.96. The molecule has 320 valence electrons. The van der Waals surface area contributed by atoms with Gasteiger partial charge in [-0.3, -0.25) is 0 Å². The van der Waals surface area contributed by atoms with Crippen molar-refractivity contribution in [2.75, 3.05) is 9.80 Å². The minimum absolute atomic E-state index is 0.0574. The van der Waals surface area contributed by atoms with E-state index in [9.17, 15) is 0 Å². The molecule has 12 aromatic rings. The van der Waals surface area contributed by atoms with Gasteiger partial charge in [0.15, 0.2) is 5.82 Å². The van der Waals surface area contributed by atoms with E-state index in [1.807, 2.05) is 0 Å². The summed E-state index contributed by atoms with van der Waals surface area (Å²) in [5, 5.41) is 5.86. The number of fused-ring (bicyclic) bond motifs is 7. The van der Waals surface area contributed by atoms with Gasteiger partial charge in [-0.15, -0.1) is 0 Å². The number of hydrogen-bond donors (Lipinski definition) is 0. The molecule has 0 saturated carbocycles. The van der Waals surface area contributed by atoms with Gasteiger partial charge in [0, 0.05) is 50.6 Å². The van der Waals surface area contributed by atoms with Crippen molar-refractivity contribution in [3.63, 3.8) is 0 Å². The van der Waals surface area contributed by atoms with Crippen molar-refractivity contribution in [1.82, 2.24) is 9.97 Å². The Morgan fingerprint density at radius 1 is 0.304 bits per heavy atom. The van der Waals surface area contributed by atoms with E-state index in [-0.39, 0.29) is 6.71 Å².